The van der Waals surface area contributed by atoms with E-state index in [2.05, 4.69) is 5.32 Å². The van der Waals surface area contributed by atoms with Crippen molar-refractivity contribution in [3.05, 3.63) is 28.0 Å². The fraction of sp³-hybridized carbons (Fsp3) is 0.500. The average Bonchev–Trinajstić information content (AvgIpc) is 2.58. The predicted octanol–water partition coefficient (Wildman–Crippen LogP) is 3.98. The van der Waals surface area contributed by atoms with Gasteiger partial charge in [0.15, 0.2) is 0 Å². The number of halogens is 3. The molecule has 3 nitrogen and oxygen atoms in total. The minimum Gasteiger partial charge on any atom is -0.327 e. The number of rotatable bonds is 2. The second-order valence-corrected chi connectivity index (χ2v) is 5.96. The summed E-state index contributed by atoms with van der Waals surface area (Å²) in [5.41, 5.74) is 6.29. The van der Waals surface area contributed by atoms with Crippen LogP contribution in [-0.2, 0) is 4.79 Å². The third-order valence-electron chi connectivity index (χ3n) is 3.66. The van der Waals surface area contributed by atoms with E-state index in [-0.39, 0.29) is 33.6 Å². The fourth-order valence-electron chi connectivity index (χ4n) is 2.54. The van der Waals surface area contributed by atoms with Crippen molar-refractivity contribution in [2.45, 2.75) is 38.1 Å². The number of amides is 1. The molecule has 0 bridgehead atoms. The number of nitrogens with two attached hydrogens (primary N) is 1. The molecule has 110 valence electrons. The van der Waals surface area contributed by atoms with Gasteiger partial charge in [0.1, 0.15) is 5.82 Å². The van der Waals surface area contributed by atoms with Crippen LogP contribution in [0.4, 0.5) is 10.1 Å². The normalized spacial score (nSPS) is 23.2. The van der Waals surface area contributed by atoms with Gasteiger partial charge < -0.3 is 11.1 Å². The molecule has 1 aliphatic rings. The average molecular weight is 319 g/mol. The quantitative estimate of drug-likeness (QED) is 0.810. The molecule has 0 aromatic heterocycles. The Bertz CT molecular complexity index is 487. The van der Waals surface area contributed by atoms with Crippen LogP contribution in [0.2, 0.25) is 10.0 Å². The highest BCUT2D eigenvalue weighted by atomic mass is 35.5. The van der Waals surface area contributed by atoms with E-state index in [1.54, 1.807) is 0 Å². The molecule has 1 aliphatic carbocycles. The maximum absolute atomic E-state index is 13.1. The van der Waals surface area contributed by atoms with Crippen molar-refractivity contribution in [2.24, 2.45) is 11.7 Å². The molecule has 0 spiro atoms. The summed E-state index contributed by atoms with van der Waals surface area (Å²) in [5, 5.41) is 2.86. The monoisotopic (exact) mass is 318 g/mol. The Kier molecular flexibility index (Phi) is 5.24. The maximum Gasteiger partial charge on any atom is 0.229 e. The van der Waals surface area contributed by atoms with Gasteiger partial charge in [-0.05, 0) is 25.0 Å². The Morgan fingerprint density at radius 2 is 1.80 bits per heavy atom. The molecule has 0 radical (unpaired) electrons. The number of anilines is 1. The van der Waals surface area contributed by atoms with Crippen molar-refractivity contribution in [3.63, 3.8) is 0 Å². The van der Waals surface area contributed by atoms with E-state index in [0.717, 1.165) is 44.2 Å². The third kappa shape index (κ3) is 3.62. The standard InChI is InChI=1S/C14H17Cl2FN2O/c15-10-6-8(17)7-11(16)13(10)19-14(20)9-4-2-1-3-5-12(9)18/h6-7,9,12H,1-5,18H2,(H,19,20). The second-order valence-electron chi connectivity index (χ2n) is 5.14. The van der Waals surface area contributed by atoms with Gasteiger partial charge in [-0.25, -0.2) is 4.39 Å². The Balaban J connectivity index is 2.15. The molecule has 0 aliphatic heterocycles. The Morgan fingerprint density at radius 1 is 1.20 bits per heavy atom. The van der Waals surface area contributed by atoms with Crippen LogP contribution in [0.25, 0.3) is 0 Å². The molecule has 1 aromatic carbocycles. The van der Waals surface area contributed by atoms with Gasteiger partial charge in [0.05, 0.1) is 21.7 Å². The minimum atomic E-state index is -0.538. The lowest BCUT2D eigenvalue weighted by Crippen LogP contribution is -2.37. The highest BCUT2D eigenvalue weighted by molar-refractivity contribution is 6.39. The van der Waals surface area contributed by atoms with Crippen molar-refractivity contribution in [1.82, 2.24) is 0 Å². The van der Waals surface area contributed by atoms with Crippen LogP contribution < -0.4 is 11.1 Å². The van der Waals surface area contributed by atoms with E-state index in [1.165, 1.54) is 0 Å². The lowest BCUT2D eigenvalue weighted by atomic mass is 9.94. The minimum absolute atomic E-state index is 0.0885. The molecule has 1 aromatic rings. The molecule has 20 heavy (non-hydrogen) atoms. The SMILES string of the molecule is NC1CCCCCC1C(=O)Nc1c(Cl)cc(F)cc1Cl. The summed E-state index contributed by atoms with van der Waals surface area (Å²) in [6, 6.07) is 2.09. The van der Waals surface area contributed by atoms with E-state index in [4.69, 9.17) is 28.9 Å². The van der Waals surface area contributed by atoms with Crippen LogP contribution in [0.3, 0.4) is 0 Å². The molecule has 3 N–H and O–H groups in total. The Labute approximate surface area is 127 Å². The van der Waals surface area contributed by atoms with Crippen molar-refractivity contribution in [3.8, 4) is 0 Å². The molecular formula is C14H17Cl2FN2O. The summed E-state index contributed by atoms with van der Waals surface area (Å²) in [5.74, 6) is -0.992. The zero-order valence-corrected chi connectivity index (χ0v) is 12.5. The number of hydrogen-bond donors (Lipinski definition) is 2. The first-order valence-electron chi connectivity index (χ1n) is 6.70. The predicted molar refractivity (Wildman–Crippen MR) is 79.6 cm³/mol. The molecule has 2 rings (SSSR count). The number of benzene rings is 1. The van der Waals surface area contributed by atoms with Gasteiger partial charge in [0, 0.05) is 6.04 Å². The van der Waals surface area contributed by atoms with Crippen molar-refractivity contribution < 1.29 is 9.18 Å². The first kappa shape index (κ1) is 15.5. The largest absolute Gasteiger partial charge is 0.327 e. The first-order valence-corrected chi connectivity index (χ1v) is 7.45. The smallest absolute Gasteiger partial charge is 0.229 e. The lowest BCUT2D eigenvalue weighted by Gasteiger charge is -2.21. The highest BCUT2D eigenvalue weighted by Crippen LogP contribution is 2.32. The van der Waals surface area contributed by atoms with Gasteiger partial charge in [0.25, 0.3) is 0 Å². The van der Waals surface area contributed by atoms with Crippen LogP contribution >= 0.6 is 23.2 Å². The summed E-state index contributed by atoms with van der Waals surface area (Å²) < 4.78 is 13.1. The third-order valence-corrected chi connectivity index (χ3v) is 4.26. The summed E-state index contributed by atoms with van der Waals surface area (Å²) in [7, 11) is 0. The van der Waals surface area contributed by atoms with Crippen LogP contribution in [0, 0.1) is 11.7 Å². The van der Waals surface area contributed by atoms with E-state index < -0.39 is 5.82 Å². The number of nitrogens with one attached hydrogen (secondary N) is 1. The van der Waals surface area contributed by atoms with Gasteiger partial charge in [-0.3, -0.25) is 4.79 Å². The molecule has 6 heteroatoms. The molecule has 1 fully saturated rings. The summed E-state index contributed by atoms with van der Waals surface area (Å²) in [6.07, 6.45) is 4.71. The first-order chi connectivity index (χ1) is 9.49. The summed E-state index contributed by atoms with van der Waals surface area (Å²) in [6.45, 7) is 0. The van der Waals surface area contributed by atoms with Gasteiger partial charge in [-0.1, -0.05) is 42.5 Å². The molecule has 2 atom stereocenters. The lowest BCUT2D eigenvalue weighted by molar-refractivity contribution is -0.120. The van der Waals surface area contributed by atoms with Gasteiger partial charge in [-0.15, -0.1) is 0 Å². The van der Waals surface area contributed by atoms with Crippen molar-refractivity contribution in [2.75, 3.05) is 5.32 Å². The number of carbonyl (C=O) groups excluding carboxylic acids is 1. The van der Waals surface area contributed by atoms with E-state index in [0.29, 0.717) is 0 Å². The molecule has 1 saturated carbocycles. The van der Waals surface area contributed by atoms with Gasteiger partial charge >= 0.3 is 0 Å². The van der Waals surface area contributed by atoms with Crippen molar-refractivity contribution >= 4 is 34.8 Å². The zero-order valence-electron chi connectivity index (χ0n) is 11.0. The van der Waals surface area contributed by atoms with Gasteiger partial charge in [-0.2, -0.15) is 0 Å². The molecule has 2 unspecified atom stereocenters. The number of carbonyl (C=O) groups is 1. The van der Waals surface area contributed by atoms with Crippen LogP contribution in [0.15, 0.2) is 12.1 Å². The zero-order chi connectivity index (χ0) is 14.7. The molecule has 0 saturated heterocycles. The molecule has 1 amide bonds. The second kappa shape index (κ2) is 6.74. The fourth-order valence-corrected chi connectivity index (χ4v) is 3.09. The van der Waals surface area contributed by atoms with Crippen molar-refractivity contribution in [1.29, 1.82) is 0 Å². The van der Waals surface area contributed by atoms with Crippen LogP contribution in [0.5, 0.6) is 0 Å². The topological polar surface area (TPSA) is 55.1 Å². The van der Waals surface area contributed by atoms with E-state index in [9.17, 15) is 9.18 Å². The molecular weight excluding hydrogens is 302 g/mol. The summed E-state index contributed by atoms with van der Waals surface area (Å²) >= 11 is 11.8. The van der Waals surface area contributed by atoms with E-state index in [1.807, 2.05) is 0 Å². The van der Waals surface area contributed by atoms with Crippen LogP contribution in [0.1, 0.15) is 32.1 Å². The Hall–Kier alpha value is -0.840. The van der Waals surface area contributed by atoms with Crippen LogP contribution in [-0.4, -0.2) is 11.9 Å². The number of hydrogen-bond acceptors (Lipinski definition) is 2. The molecule has 0 heterocycles. The van der Waals surface area contributed by atoms with Gasteiger partial charge in [0.2, 0.25) is 5.91 Å². The summed E-state index contributed by atoms with van der Waals surface area (Å²) in [4.78, 5) is 12.3. The van der Waals surface area contributed by atoms with E-state index >= 15 is 0 Å². The Morgan fingerprint density at radius 3 is 2.45 bits per heavy atom. The maximum atomic E-state index is 13.1. The highest BCUT2D eigenvalue weighted by Gasteiger charge is 2.27.